The lowest BCUT2D eigenvalue weighted by atomic mass is 9.86. The molecule has 7 nitrogen and oxygen atoms in total. The third-order valence-electron chi connectivity index (χ3n) is 4.64. The molecule has 1 heterocycles. The van der Waals surface area contributed by atoms with Crippen LogP contribution in [0.1, 0.15) is 50.5 Å². The van der Waals surface area contributed by atoms with Gasteiger partial charge < -0.3 is 10.1 Å². The van der Waals surface area contributed by atoms with E-state index in [1.165, 1.54) is 4.90 Å². The summed E-state index contributed by atoms with van der Waals surface area (Å²) >= 11 is 0. The first-order chi connectivity index (χ1) is 12.3. The summed E-state index contributed by atoms with van der Waals surface area (Å²) in [4.78, 5) is 43.3. The lowest BCUT2D eigenvalue weighted by molar-refractivity contribution is -0.125. The molecule has 0 radical (unpaired) electrons. The van der Waals surface area contributed by atoms with E-state index in [1.807, 2.05) is 13.8 Å². The third-order valence-corrected chi connectivity index (χ3v) is 4.64. The van der Waals surface area contributed by atoms with Gasteiger partial charge in [0.25, 0.3) is 5.91 Å². The molecule has 3 amide bonds. The summed E-state index contributed by atoms with van der Waals surface area (Å²) in [6.45, 7) is 9.56. The molecule has 1 unspecified atom stereocenters. The Morgan fingerprint density at radius 1 is 1.27 bits per heavy atom. The average molecular weight is 359 g/mol. The number of hydrogen-bond acceptors (Lipinski definition) is 4. The molecule has 7 heteroatoms. The van der Waals surface area contributed by atoms with Gasteiger partial charge in [-0.2, -0.15) is 4.99 Å². The maximum absolute atomic E-state index is 12.8. The molecule has 0 saturated heterocycles. The summed E-state index contributed by atoms with van der Waals surface area (Å²) in [7, 11) is 0. The van der Waals surface area contributed by atoms with Gasteiger partial charge in [-0.3, -0.25) is 9.69 Å². The predicted molar refractivity (Wildman–Crippen MR) is 98.1 cm³/mol. The Hall–Kier alpha value is -2.70. The van der Waals surface area contributed by atoms with E-state index in [9.17, 15) is 14.4 Å². The molecule has 0 fully saturated rings. The number of nitrogens with one attached hydrogen (secondary N) is 1. The lowest BCUT2D eigenvalue weighted by Crippen LogP contribution is -2.58. The van der Waals surface area contributed by atoms with Crippen LogP contribution in [0.15, 0.2) is 29.3 Å². The average Bonchev–Trinajstić information content (AvgIpc) is 2.88. The number of benzene rings is 1. The number of amidine groups is 1. The molecule has 1 aliphatic heterocycles. The molecule has 0 aliphatic carbocycles. The number of carbonyl (C=O) groups is 3. The van der Waals surface area contributed by atoms with Crippen LogP contribution in [0.2, 0.25) is 0 Å². The molecule has 0 spiro atoms. The van der Waals surface area contributed by atoms with Crippen molar-refractivity contribution in [3.63, 3.8) is 0 Å². The molecule has 1 aromatic rings. The fourth-order valence-electron chi connectivity index (χ4n) is 2.86. The maximum atomic E-state index is 12.8. The van der Waals surface area contributed by atoms with Gasteiger partial charge in [0.2, 0.25) is 0 Å². The summed E-state index contributed by atoms with van der Waals surface area (Å²) in [5.74, 6) is -0.936. The number of carbonyl (C=O) groups excluding carboxylic acids is 3. The van der Waals surface area contributed by atoms with Crippen molar-refractivity contribution < 1.29 is 19.1 Å². The van der Waals surface area contributed by atoms with E-state index in [-0.39, 0.29) is 23.9 Å². The molecule has 1 aliphatic rings. The number of ether oxygens (including phenoxy) is 1. The van der Waals surface area contributed by atoms with E-state index in [2.05, 4.69) is 10.3 Å². The van der Waals surface area contributed by atoms with Crippen LogP contribution in [0.5, 0.6) is 0 Å². The van der Waals surface area contributed by atoms with Crippen molar-refractivity contribution in [1.29, 1.82) is 0 Å². The van der Waals surface area contributed by atoms with Crippen LogP contribution in [0.4, 0.5) is 4.79 Å². The van der Waals surface area contributed by atoms with Gasteiger partial charge in [0, 0.05) is 12.1 Å². The molecule has 2 rings (SSSR count). The number of amides is 3. The topological polar surface area (TPSA) is 88.1 Å². The van der Waals surface area contributed by atoms with Crippen molar-refractivity contribution in [3.8, 4) is 0 Å². The molecule has 26 heavy (non-hydrogen) atoms. The quantitative estimate of drug-likeness (QED) is 0.819. The standard InChI is InChI=1S/C19H25N3O4/c1-6-20-18(25)22-15(21-17(24)19(22,5)12(3)4)13-10-8-9-11-14(13)16(23)26-7-2/h8-12H,6-7H2,1-5H3,(H,20,25). The molecule has 140 valence electrons. The fourth-order valence-corrected chi connectivity index (χ4v) is 2.86. The highest BCUT2D eigenvalue weighted by molar-refractivity contribution is 6.22. The van der Waals surface area contributed by atoms with Crippen molar-refractivity contribution >= 4 is 23.7 Å². The van der Waals surface area contributed by atoms with Gasteiger partial charge in [-0.05, 0) is 32.8 Å². The van der Waals surface area contributed by atoms with E-state index in [0.29, 0.717) is 12.1 Å². The smallest absolute Gasteiger partial charge is 0.338 e. The third kappa shape index (κ3) is 3.21. The SMILES string of the molecule is CCNC(=O)N1C(c2ccccc2C(=O)OCC)=NC(=O)C1(C)C(C)C. The molecular formula is C19H25N3O4. The van der Waals surface area contributed by atoms with Crippen LogP contribution in [0.3, 0.4) is 0 Å². The summed E-state index contributed by atoms with van der Waals surface area (Å²) in [6, 6.07) is 6.27. The monoisotopic (exact) mass is 359 g/mol. The maximum Gasteiger partial charge on any atom is 0.338 e. The minimum Gasteiger partial charge on any atom is -0.462 e. The predicted octanol–water partition coefficient (Wildman–Crippen LogP) is 2.60. The van der Waals surface area contributed by atoms with Gasteiger partial charge in [-0.15, -0.1) is 0 Å². The van der Waals surface area contributed by atoms with Crippen LogP contribution in [-0.4, -0.2) is 47.3 Å². The molecule has 1 atom stereocenters. The Morgan fingerprint density at radius 2 is 1.92 bits per heavy atom. The van der Waals surface area contributed by atoms with Crippen molar-refractivity contribution in [1.82, 2.24) is 10.2 Å². The van der Waals surface area contributed by atoms with Crippen molar-refractivity contribution in [2.24, 2.45) is 10.9 Å². The van der Waals surface area contributed by atoms with Gasteiger partial charge in [-0.25, -0.2) is 9.59 Å². The summed E-state index contributed by atoms with van der Waals surface area (Å²) in [6.07, 6.45) is 0. The number of hydrogen-bond donors (Lipinski definition) is 1. The highest BCUT2D eigenvalue weighted by Gasteiger charge is 2.52. The Kier molecular flexibility index (Phi) is 5.79. The first-order valence-electron chi connectivity index (χ1n) is 8.76. The first kappa shape index (κ1) is 19.6. The van der Waals surface area contributed by atoms with Crippen molar-refractivity contribution in [2.75, 3.05) is 13.2 Å². The molecule has 0 saturated carbocycles. The van der Waals surface area contributed by atoms with Gasteiger partial charge in [0.1, 0.15) is 11.4 Å². The van der Waals surface area contributed by atoms with Gasteiger partial charge >= 0.3 is 12.0 Å². The summed E-state index contributed by atoms with van der Waals surface area (Å²) in [5.41, 5.74) is -0.464. The van der Waals surface area contributed by atoms with Crippen LogP contribution < -0.4 is 5.32 Å². The number of urea groups is 1. The second kappa shape index (κ2) is 7.68. The van der Waals surface area contributed by atoms with Crippen LogP contribution in [0.25, 0.3) is 0 Å². The van der Waals surface area contributed by atoms with Crippen LogP contribution in [-0.2, 0) is 9.53 Å². The minimum absolute atomic E-state index is 0.167. The highest BCUT2D eigenvalue weighted by atomic mass is 16.5. The summed E-state index contributed by atoms with van der Waals surface area (Å²) in [5, 5.41) is 2.73. The van der Waals surface area contributed by atoms with E-state index in [0.717, 1.165) is 0 Å². The molecule has 0 bridgehead atoms. The minimum atomic E-state index is -1.13. The lowest BCUT2D eigenvalue weighted by Gasteiger charge is -2.37. The van der Waals surface area contributed by atoms with Crippen LogP contribution in [0, 0.1) is 5.92 Å². The number of rotatable bonds is 5. The Bertz CT molecular complexity index is 757. The fraction of sp³-hybridized carbons (Fsp3) is 0.474. The van der Waals surface area contributed by atoms with Gasteiger partial charge in [0.05, 0.1) is 12.2 Å². The Labute approximate surface area is 153 Å². The molecule has 0 aromatic heterocycles. The van der Waals surface area contributed by atoms with Crippen molar-refractivity contribution in [3.05, 3.63) is 35.4 Å². The zero-order valence-electron chi connectivity index (χ0n) is 15.8. The number of esters is 1. The zero-order valence-corrected chi connectivity index (χ0v) is 15.8. The largest absolute Gasteiger partial charge is 0.462 e. The molecule has 1 N–H and O–H groups in total. The zero-order chi connectivity index (χ0) is 19.5. The second-order valence-electron chi connectivity index (χ2n) is 6.48. The van der Waals surface area contributed by atoms with E-state index in [1.54, 1.807) is 45.0 Å². The number of aliphatic imine (C=N–C) groups is 1. The number of nitrogens with zero attached hydrogens (tertiary/aromatic N) is 2. The van der Waals surface area contributed by atoms with E-state index < -0.39 is 23.4 Å². The molecular weight excluding hydrogens is 334 g/mol. The van der Waals surface area contributed by atoms with Gasteiger partial charge in [-0.1, -0.05) is 32.0 Å². The Balaban J connectivity index is 2.61. The Morgan fingerprint density at radius 3 is 2.50 bits per heavy atom. The second-order valence-corrected chi connectivity index (χ2v) is 6.48. The van der Waals surface area contributed by atoms with Crippen LogP contribution >= 0.6 is 0 Å². The highest BCUT2D eigenvalue weighted by Crippen LogP contribution is 2.34. The van der Waals surface area contributed by atoms with Gasteiger partial charge in [0.15, 0.2) is 0 Å². The van der Waals surface area contributed by atoms with E-state index >= 15 is 0 Å². The molecule has 1 aromatic carbocycles. The normalized spacial score (nSPS) is 19.5. The van der Waals surface area contributed by atoms with Crippen molar-refractivity contribution in [2.45, 2.75) is 40.2 Å². The summed E-state index contributed by atoms with van der Waals surface area (Å²) < 4.78 is 5.10. The first-order valence-corrected chi connectivity index (χ1v) is 8.76. The van der Waals surface area contributed by atoms with E-state index in [4.69, 9.17) is 4.74 Å².